The van der Waals surface area contributed by atoms with Crippen LogP contribution in [-0.4, -0.2) is 26.8 Å². The van der Waals surface area contributed by atoms with E-state index in [0.717, 1.165) is 22.5 Å². The molecule has 0 spiro atoms. The van der Waals surface area contributed by atoms with Crippen molar-refractivity contribution in [1.29, 1.82) is 0 Å². The first-order valence-corrected chi connectivity index (χ1v) is 7.86. The van der Waals surface area contributed by atoms with E-state index in [2.05, 4.69) is 15.4 Å². The second-order valence-corrected chi connectivity index (χ2v) is 6.14. The van der Waals surface area contributed by atoms with Gasteiger partial charge in [-0.05, 0) is 32.4 Å². The van der Waals surface area contributed by atoms with Crippen LogP contribution >= 0.6 is 0 Å². The van der Waals surface area contributed by atoms with Crippen LogP contribution in [0.4, 0.5) is 0 Å². The summed E-state index contributed by atoms with van der Waals surface area (Å²) in [6, 6.07) is 3.91. The van der Waals surface area contributed by atoms with Crippen LogP contribution in [0.3, 0.4) is 0 Å². The van der Waals surface area contributed by atoms with Gasteiger partial charge in [-0.1, -0.05) is 6.07 Å². The van der Waals surface area contributed by atoms with Gasteiger partial charge in [0, 0.05) is 25.2 Å². The highest BCUT2D eigenvalue weighted by molar-refractivity contribution is 5.94. The molecule has 3 heterocycles. The molecule has 1 N–H and O–H groups in total. The van der Waals surface area contributed by atoms with Crippen LogP contribution in [0, 0.1) is 6.92 Å². The van der Waals surface area contributed by atoms with Crippen molar-refractivity contribution >= 4 is 5.91 Å². The van der Waals surface area contributed by atoms with Crippen LogP contribution < -0.4 is 5.32 Å². The van der Waals surface area contributed by atoms with Crippen LogP contribution in [0.2, 0.25) is 0 Å². The molecule has 23 heavy (non-hydrogen) atoms. The van der Waals surface area contributed by atoms with Gasteiger partial charge in [-0.2, -0.15) is 5.10 Å². The Morgan fingerprint density at radius 1 is 1.43 bits per heavy atom. The van der Waals surface area contributed by atoms with Crippen LogP contribution in [0.15, 0.2) is 18.3 Å². The van der Waals surface area contributed by atoms with Gasteiger partial charge in [0.25, 0.3) is 5.91 Å². The van der Waals surface area contributed by atoms with Gasteiger partial charge in [0.2, 0.25) is 0 Å². The highest BCUT2D eigenvalue weighted by Gasteiger charge is 2.31. The fraction of sp³-hybridized carbons (Fsp3) is 0.471. The Morgan fingerprint density at radius 2 is 2.22 bits per heavy atom. The van der Waals surface area contributed by atoms with E-state index in [-0.39, 0.29) is 18.1 Å². The van der Waals surface area contributed by atoms with E-state index in [1.54, 1.807) is 17.9 Å². The first-order valence-electron chi connectivity index (χ1n) is 7.86. The summed E-state index contributed by atoms with van der Waals surface area (Å²) in [4.78, 5) is 16.9. The van der Waals surface area contributed by atoms with Gasteiger partial charge >= 0.3 is 0 Å². The zero-order valence-electron chi connectivity index (χ0n) is 14.0. The summed E-state index contributed by atoms with van der Waals surface area (Å²) in [6.45, 7) is 6.38. The number of nitrogens with one attached hydrogen (secondary N) is 1. The molecule has 0 fully saturated rings. The first-order chi connectivity index (χ1) is 11.0. The zero-order chi connectivity index (χ0) is 16.6. The molecule has 2 aromatic heterocycles. The summed E-state index contributed by atoms with van der Waals surface area (Å²) in [7, 11) is 1.80. The van der Waals surface area contributed by atoms with Gasteiger partial charge in [0.1, 0.15) is 5.69 Å². The maximum atomic E-state index is 12.6. The second kappa shape index (κ2) is 6.12. The molecule has 0 unspecified atom stereocenters. The Labute approximate surface area is 135 Å². The molecule has 1 aliphatic rings. The molecule has 6 nitrogen and oxygen atoms in total. The van der Waals surface area contributed by atoms with E-state index in [1.165, 1.54) is 0 Å². The molecular formula is C17H22N4O2. The number of carbonyl (C=O) groups is 1. The van der Waals surface area contributed by atoms with E-state index in [0.29, 0.717) is 18.7 Å². The highest BCUT2D eigenvalue weighted by Crippen LogP contribution is 2.31. The third-order valence-corrected chi connectivity index (χ3v) is 4.11. The third kappa shape index (κ3) is 3.12. The molecule has 0 aromatic carbocycles. The fourth-order valence-electron chi connectivity index (χ4n) is 3.01. The molecule has 0 saturated carbocycles. The van der Waals surface area contributed by atoms with Crippen LogP contribution in [-0.2, 0) is 24.8 Å². The SMILES string of the molecule is Cc1ccc(CNC(=O)c2c3c(nn2C)[C@H](C)O[C@H](C)C3)nc1. The summed E-state index contributed by atoms with van der Waals surface area (Å²) in [6.07, 6.45) is 2.51. The number of hydrogen-bond donors (Lipinski definition) is 1. The molecule has 1 amide bonds. The van der Waals surface area contributed by atoms with Gasteiger partial charge in [0.15, 0.2) is 0 Å². The maximum absolute atomic E-state index is 12.6. The Kier molecular flexibility index (Phi) is 4.17. The summed E-state index contributed by atoms with van der Waals surface area (Å²) >= 11 is 0. The molecule has 3 rings (SSSR count). The van der Waals surface area contributed by atoms with Gasteiger partial charge in [-0.15, -0.1) is 0 Å². The molecule has 2 aromatic rings. The van der Waals surface area contributed by atoms with Crippen molar-refractivity contribution in [1.82, 2.24) is 20.1 Å². The van der Waals surface area contributed by atoms with Crippen molar-refractivity contribution in [3.63, 3.8) is 0 Å². The monoisotopic (exact) mass is 314 g/mol. The lowest BCUT2D eigenvalue weighted by Gasteiger charge is -2.24. The minimum Gasteiger partial charge on any atom is -0.369 e. The molecule has 0 saturated heterocycles. The number of carbonyl (C=O) groups excluding carboxylic acids is 1. The summed E-state index contributed by atoms with van der Waals surface area (Å²) in [5.74, 6) is -0.120. The largest absolute Gasteiger partial charge is 0.369 e. The lowest BCUT2D eigenvalue weighted by atomic mass is 9.99. The molecule has 1 aliphatic heterocycles. The van der Waals surface area contributed by atoms with Crippen molar-refractivity contribution in [3.05, 3.63) is 46.5 Å². The number of fused-ring (bicyclic) bond motifs is 1. The van der Waals surface area contributed by atoms with Gasteiger partial charge < -0.3 is 10.1 Å². The Hall–Kier alpha value is -2.21. The average Bonchev–Trinajstić information content (AvgIpc) is 2.83. The van der Waals surface area contributed by atoms with Crippen molar-refractivity contribution in [3.8, 4) is 0 Å². The zero-order valence-corrected chi connectivity index (χ0v) is 14.0. The van der Waals surface area contributed by atoms with E-state index in [4.69, 9.17) is 4.74 Å². The Balaban J connectivity index is 1.79. The van der Waals surface area contributed by atoms with Crippen LogP contribution in [0.5, 0.6) is 0 Å². The number of nitrogens with zero attached hydrogens (tertiary/aromatic N) is 3. The van der Waals surface area contributed by atoms with Gasteiger partial charge in [0.05, 0.1) is 30.1 Å². The summed E-state index contributed by atoms with van der Waals surface area (Å²) in [5, 5.41) is 7.41. The fourth-order valence-corrected chi connectivity index (χ4v) is 3.01. The molecular weight excluding hydrogens is 292 g/mol. The van der Waals surface area contributed by atoms with E-state index < -0.39 is 0 Å². The summed E-state index contributed by atoms with van der Waals surface area (Å²) in [5.41, 5.74) is 4.42. The number of aryl methyl sites for hydroxylation is 2. The smallest absolute Gasteiger partial charge is 0.270 e. The number of aromatic nitrogens is 3. The van der Waals surface area contributed by atoms with E-state index >= 15 is 0 Å². The molecule has 122 valence electrons. The lowest BCUT2D eigenvalue weighted by molar-refractivity contribution is -0.00710. The average molecular weight is 314 g/mol. The van der Waals surface area contributed by atoms with Gasteiger partial charge in [-0.25, -0.2) is 0 Å². The number of ether oxygens (including phenoxy) is 1. The van der Waals surface area contributed by atoms with E-state index in [9.17, 15) is 4.79 Å². The topological polar surface area (TPSA) is 69.0 Å². The number of pyridine rings is 1. The molecule has 0 bridgehead atoms. The van der Waals surface area contributed by atoms with Crippen molar-refractivity contribution in [2.75, 3.05) is 0 Å². The normalized spacial score (nSPS) is 20.2. The predicted molar refractivity (Wildman–Crippen MR) is 86.0 cm³/mol. The van der Waals surface area contributed by atoms with Crippen molar-refractivity contribution in [2.45, 2.75) is 45.9 Å². The quantitative estimate of drug-likeness (QED) is 0.941. The molecule has 2 atom stereocenters. The molecule has 0 radical (unpaired) electrons. The third-order valence-electron chi connectivity index (χ3n) is 4.11. The van der Waals surface area contributed by atoms with Gasteiger partial charge in [-0.3, -0.25) is 14.5 Å². The Bertz CT molecular complexity index is 721. The minimum absolute atomic E-state index is 0.0831. The minimum atomic E-state index is -0.120. The summed E-state index contributed by atoms with van der Waals surface area (Å²) < 4.78 is 7.44. The maximum Gasteiger partial charge on any atom is 0.270 e. The first kappa shape index (κ1) is 15.7. The molecule has 6 heteroatoms. The predicted octanol–water partition coefficient (Wildman–Crippen LogP) is 2.08. The standard InChI is InChI=1S/C17H22N4O2/c1-10-5-6-13(18-8-10)9-19-17(22)16-14-7-11(2)23-12(3)15(14)20-21(16)4/h5-6,8,11-12H,7,9H2,1-4H3,(H,19,22)/t11-,12+/m1/s1. The van der Waals surface area contributed by atoms with Crippen molar-refractivity contribution in [2.24, 2.45) is 7.05 Å². The number of amides is 1. The lowest BCUT2D eigenvalue weighted by Crippen LogP contribution is -2.28. The van der Waals surface area contributed by atoms with Crippen LogP contribution in [0.1, 0.15) is 53.0 Å². The second-order valence-electron chi connectivity index (χ2n) is 6.14. The van der Waals surface area contributed by atoms with Crippen LogP contribution in [0.25, 0.3) is 0 Å². The van der Waals surface area contributed by atoms with E-state index in [1.807, 2.05) is 32.9 Å². The number of rotatable bonds is 3. The Morgan fingerprint density at radius 3 is 2.91 bits per heavy atom. The molecule has 0 aliphatic carbocycles. The highest BCUT2D eigenvalue weighted by atomic mass is 16.5. The van der Waals surface area contributed by atoms with Crippen molar-refractivity contribution < 1.29 is 9.53 Å². The number of hydrogen-bond acceptors (Lipinski definition) is 4.